The van der Waals surface area contributed by atoms with Gasteiger partial charge >= 0.3 is 0 Å². The summed E-state index contributed by atoms with van der Waals surface area (Å²) in [7, 11) is 0. The van der Waals surface area contributed by atoms with Crippen molar-refractivity contribution in [3.05, 3.63) is 34.4 Å². The van der Waals surface area contributed by atoms with Gasteiger partial charge in [0.05, 0.1) is 18.0 Å². The van der Waals surface area contributed by atoms with Gasteiger partial charge in [0.15, 0.2) is 6.04 Å². The van der Waals surface area contributed by atoms with Crippen LogP contribution in [0.3, 0.4) is 0 Å². The number of quaternary nitrogens is 1. The molecule has 0 unspecified atom stereocenters. The summed E-state index contributed by atoms with van der Waals surface area (Å²) in [6.07, 6.45) is 3.50. The number of likely N-dealkylation sites (tertiary alicyclic amines) is 1. The number of carbonyl (C=O) groups excluding carboxylic acids is 1. The van der Waals surface area contributed by atoms with Crippen molar-refractivity contribution in [1.29, 1.82) is 0 Å². The standard InChI is InChI=1S/C14H19N3O3/c1-11(16-9-5-2-6-10-16)14(18)15-12-7-3-4-8-13(12)17(19)20/h3-4,7-8,11H,2,5-6,9-10H2,1H3,(H,15,18)/p+1/t11-/m0/s1. The molecule has 0 aliphatic carbocycles. The van der Waals surface area contributed by atoms with Crippen LogP contribution in [0, 0.1) is 10.1 Å². The first kappa shape index (κ1) is 14.5. The molecular formula is C14H20N3O3+. The summed E-state index contributed by atoms with van der Waals surface area (Å²) in [5.41, 5.74) is 0.201. The van der Waals surface area contributed by atoms with Crippen molar-refractivity contribution in [3.8, 4) is 0 Å². The molecule has 0 saturated carbocycles. The highest BCUT2D eigenvalue weighted by Crippen LogP contribution is 2.23. The van der Waals surface area contributed by atoms with Crippen LogP contribution >= 0.6 is 0 Å². The molecule has 1 fully saturated rings. The largest absolute Gasteiger partial charge is 0.325 e. The fourth-order valence-electron chi connectivity index (χ4n) is 2.60. The fraction of sp³-hybridized carbons (Fsp3) is 0.500. The Morgan fingerprint density at radius 1 is 1.30 bits per heavy atom. The van der Waals surface area contributed by atoms with Crippen LogP contribution in [0.1, 0.15) is 26.2 Å². The number of hydrogen-bond donors (Lipinski definition) is 2. The van der Waals surface area contributed by atoms with Crippen LogP contribution in [0.25, 0.3) is 0 Å². The molecule has 108 valence electrons. The Labute approximate surface area is 117 Å². The summed E-state index contributed by atoms with van der Waals surface area (Å²) >= 11 is 0. The molecule has 2 rings (SSSR count). The molecule has 0 aromatic heterocycles. The van der Waals surface area contributed by atoms with Gasteiger partial charge < -0.3 is 10.2 Å². The third-order valence-electron chi connectivity index (χ3n) is 3.86. The first-order valence-electron chi connectivity index (χ1n) is 6.98. The zero-order valence-electron chi connectivity index (χ0n) is 11.6. The number of nitro groups is 1. The first-order valence-corrected chi connectivity index (χ1v) is 6.98. The molecule has 1 amide bonds. The zero-order valence-corrected chi connectivity index (χ0v) is 11.6. The van der Waals surface area contributed by atoms with E-state index < -0.39 is 4.92 Å². The van der Waals surface area contributed by atoms with Gasteiger partial charge in [-0.1, -0.05) is 12.1 Å². The molecule has 6 nitrogen and oxygen atoms in total. The smallest absolute Gasteiger partial charge is 0.292 e. The van der Waals surface area contributed by atoms with E-state index in [1.165, 1.54) is 17.4 Å². The number of anilines is 1. The van der Waals surface area contributed by atoms with Gasteiger partial charge in [-0.15, -0.1) is 0 Å². The highest BCUT2D eigenvalue weighted by molar-refractivity contribution is 5.95. The van der Waals surface area contributed by atoms with Gasteiger partial charge in [-0.05, 0) is 32.3 Å². The van der Waals surface area contributed by atoms with Crippen LogP contribution in [0.5, 0.6) is 0 Å². The van der Waals surface area contributed by atoms with Gasteiger partial charge in [-0.3, -0.25) is 14.9 Å². The van der Waals surface area contributed by atoms with Crippen LogP contribution in [-0.4, -0.2) is 30.0 Å². The SMILES string of the molecule is C[C@@H](C(=O)Nc1ccccc1[N+](=O)[O-])[NH+]1CCCCC1. The van der Waals surface area contributed by atoms with Crippen molar-refractivity contribution in [2.24, 2.45) is 0 Å². The summed E-state index contributed by atoms with van der Waals surface area (Å²) < 4.78 is 0. The summed E-state index contributed by atoms with van der Waals surface area (Å²) in [5, 5.41) is 13.6. The van der Waals surface area contributed by atoms with Gasteiger partial charge in [-0.2, -0.15) is 0 Å². The van der Waals surface area contributed by atoms with Crippen LogP contribution in [0.2, 0.25) is 0 Å². The molecule has 6 heteroatoms. The van der Waals surface area contributed by atoms with E-state index >= 15 is 0 Å². The molecule has 1 atom stereocenters. The van der Waals surface area contributed by atoms with Crippen molar-refractivity contribution >= 4 is 17.3 Å². The number of nitrogens with zero attached hydrogens (tertiary/aromatic N) is 1. The van der Waals surface area contributed by atoms with Gasteiger partial charge in [-0.25, -0.2) is 0 Å². The monoisotopic (exact) mass is 278 g/mol. The highest BCUT2D eigenvalue weighted by atomic mass is 16.6. The van der Waals surface area contributed by atoms with E-state index in [0.29, 0.717) is 0 Å². The lowest BCUT2D eigenvalue weighted by molar-refractivity contribution is -0.918. The molecule has 20 heavy (non-hydrogen) atoms. The van der Waals surface area contributed by atoms with Crippen molar-refractivity contribution in [1.82, 2.24) is 0 Å². The normalized spacial score (nSPS) is 17.4. The fourth-order valence-corrected chi connectivity index (χ4v) is 2.60. The van der Waals surface area contributed by atoms with E-state index in [2.05, 4.69) is 5.32 Å². The molecule has 0 radical (unpaired) electrons. The lowest BCUT2D eigenvalue weighted by Gasteiger charge is -2.28. The maximum absolute atomic E-state index is 12.2. The minimum absolute atomic E-state index is 0.0679. The first-order chi connectivity index (χ1) is 9.59. The van der Waals surface area contributed by atoms with E-state index in [9.17, 15) is 14.9 Å². The molecule has 1 aliphatic heterocycles. The second kappa shape index (κ2) is 6.47. The molecule has 1 aromatic carbocycles. The van der Waals surface area contributed by atoms with Crippen LogP contribution in [0.15, 0.2) is 24.3 Å². The van der Waals surface area contributed by atoms with E-state index in [1.807, 2.05) is 6.92 Å². The number of nitrogens with one attached hydrogen (secondary N) is 2. The van der Waals surface area contributed by atoms with Gasteiger partial charge in [0.25, 0.3) is 11.6 Å². The number of piperidine rings is 1. The molecule has 0 spiro atoms. The lowest BCUT2D eigenvalue weighted by Crippen LogP contribution is -3.17. The third kappa shape index (κ3) is 3.33. The second-order valence-corrected chi connectivity index (χ2v) is 5.20. The summed E-state index contributed by atoms with van der Waals surface area (Å²) in [4.78, 5) is 23.9. The molecule has 1 aromatic rings. The Hall–Kier alpha value is -1.95. The summed E-state index contributed by atoms with van der Waals surface area (Å²) in [5.74, 6) is -0.156. The Kier molecular flexibility index (Phi) is 4.68. The zero-order chi connectivity index (χ0) is 14.5. The van der Waals surface area contributed by atoms with Crippen molar-refractivity contribution in [3.63, 3.8) is 0 Å². The predicted octanol–water partition coefficient (Wildman–Crippen LogP) is 0.991. The summed E-state index contributed by atoms with van der Waals surface area (Å²) in [6, 6.07) is 6.05. The number of rotatable bonds is 4. The number of carbonyl (C=O) groups is 1. The van der Waals surface area contributed by atoms with E-state index in [0.717, 1.165) is 25.9 Å². The average Bonchev–Trinajstić information content (AvgIpc) is 2.47. The molecule has 1 aliphatic rings. The van der Waals surface area contributed by atoms with E-state index in [1.54, 1.807) is 18.2 Å². The van der Waals surface area contributed by atoms with Crippen molar-refractivity contribution in [2.75, 3.05) is 18.4 Å². The number of benzene rings is 1. The van der Waals surface area contributed by atoms with Crippen LogP contribution in [-0.2, 0) is 4.79 Å². The second-order valence-electron chi connectivity index (χ2n) is 5.20. The van der Waals surface area contributed by atoms with Gasteiger partial charge in [0.1, 0.15) is 5.69 Å². The number of para-hydroxylation sites is 2. The molecular weight excluding hydrogens is 258 g/mol. The maximum atomic E-state index is 12.2. The van der Waals surface area contributed by atoms with Crippen LogP contribution < -0.4 is 10.2 Å². The minimum atomic E-state index is -0.478. The minimum Gasteiger partial charge on any atom is -0.325 e. The predicted molar refractivity (Wildman–Crippen MR) is 75.7 cm³/mol. The van der Waals surface area contributed by atoms with Gasteiger partial charge in [0, 0.05) is 6.07 Å². The van der Waals surface area contributed by atoms with Crippen molar-refractivity contribution < 1.29 is 14.6 Å². The third-order valence-corrected chi connectivity index (χ3v) is 3.86. The van der Waals surface area contributed by atoms with Gasteiger partial charge in [0.2, 0.25) is 0 Å². The molecule has 1 heterocycles. The number of nitro benzene ring substituents is 1. The lowest BCUT2D eigenvalue weighted by atomic mass is 10.1. The summed E-state index contributed by atoms with van der Waals surface area (Å²) in [6.45, 7) is 3.86. The maximum Gasteiger partial charge on any atom is 0.292 e. The topological polar surface area (TPSA) is 76.7 Å². The molecule has 0 bridgehead atoms. The quantitative estimate of drug-likeness (QED) is 0.637. The molecule has 2 N–H and O–H groups in total. The van der Waals surface area contributed by atoms with Crippen molar-refractivity contribution in [2.45, 2.75) is 32.2 Å². The van der Waals surface area contributed by atoms with E-state index in [-0.39, 0.29) is 23.3 Å². The average molecular weight is 278 g/mol. The molecule has 1 saturated heterocycles. The number of amides is 1. The van der Waals surface area contributed by atoms with Crippen LogP contribution in [0.4, 0.5) is 11.4 Å². The highest BCUT2D eigenvalue weighted by Gasteiger charge is 2.27. The van der Waals surface area contributed by atoms with E-state index in [4.69, 9.17) is 0 Å². The Morgan fingerprint density at radius 2 is 1.95 bits per heavy atom. The Balaban J connectivity index is 2.05. The number of hydrogen-bond acceptors (Lipinski definition) is 3. The Bertz CT molecular complexity index is 498. The Morgan fingerprint density at radius 3 is 2.60 bits per heavy atom.